The highest BCUT2D eigenvalue weighted by Gasteiger charge is 2.19. The average Bonchev–Trinajstić information content (AvgIpc) is 2.76. The van der Waals surface area contributed by atoms with Crippen molar-refractivity contribution < 1.29 is 4.39 Å². The predicted octanol–water partition coefficient (Wildman–Crippen LogP) is 3.41. The van der Waals surface area contributed by atoms with Crippen LogP contribution in [0.4, 0.5) is 4.39 Å². The number of hydrogen-bond acceptors (Lipinski definition) is 2. The summed E-state index contributed by atoms with van der Waals surface area (Å²) in [7, 11) is 1.84. The zero-order chi connectivity index (χ0) is 14.3. The van der Waals surface area contributed by atoms with Gasteiger partial charge in [0.2, 0.25) is 0 Å². The molecule has 0 amide bonds. The molecule has 3 rings (SSSR count). The van der Waals surface area contributed by atoms with Crippen LogP contribution in [0.25, 0.3) is 10.9 Å². The Hall–Kier alpha value is -1.91. The van der Waals surface area contributed by atoms with Crippen molar-refractivity contribution in [3.05, 3.63) is 64.6 Å². The summed E-state index contributed by atoms with van der Waals surface area (Å²) >= 11 is 5.77. The fourth-order valence-corrected chi connectivity index (χ4v) is 2.53. The normalized spacial score (nSPS) is 12.8. The smallest absolute Gasteiger partial charge is 0.129 e. The molecule has 1 heterocycles. The van der Waals surface area contributed by atoms with Crippen LogP contribution in [0.1, 0.15) is 17.3 Å². The molecular formula is C15H13ClFN3. The maximum absolute atomic E-state index is 14.0. The van der Waals surface area contributed by atoms with E-state index in [2.05, 4.69) is 5.10 Å². The number of halogens is 2. The van der Waals surface area contributed by atoms with Gasteiger partial charge >= 0.3 is 0 Å². The molecule has 3 aromatic rings. The molecule has 1 atom stereocenters. The maximum Gasteiger partial charge on any atom is 0.129 e. The van der Waals surface area contributed by atoms with Crippen molar-refractivity contribution in [3.63, 3.8) is 0 Å². The molecule has 2 aromatic carbocycles. The van der Waals surface area contributed by atoms with Crippen LogP contribution in [0.15, 0.2) is 42.5 Å². The Bertz CT molecular complexity index is 782. The molecule has 0 saturated carbocycles. The van der Waals surface area contributed by atoms with Crippen LogP contribution in [0.5, 0.6) is 0 Å². The van der Waals surface area contributed by atoms with Crippen molar-refractivity contribution in [1.82, 2.24) is 9.78 Å². The molecule has 0 saturated heterocycles. The molecule has 0 fully saturated rings. The molecule has 5 heteroatoms. The summed E-state index contributed by atoms with van der Waals surface area (Å²) in [4.78, 5) is 0. The van der Waals surface area contributed by atoms with Crippen LogP contribution in [0.3, 0.4) is 0 Å². The van der Waals surface area contributed by atoms with E-state index >= 15 is 0 Å². The van der Waals surface area contributed by atoms with E-state index in [0.29, 0.717) is 16.3 Å². The van der Waals surface area contributed by atoms with Gasteiger partial charge in [0.1, 0.15) is 5.82 Å². The Kier molecular flexibility index (Phi) is 3.20. The maximum atomic E-state index is 14.0. The molecule has 0 aliphatic rings. The number of nitrogens with two attached hydrogens (primary N) is 1. The first kappa shape index (κ1) is 13.1. The standard InChI is InChI=1S/C15H13ClFN3/c1-20-13-5-3-2-4-11(13)15(19-20)14(18)10-7-6-9(16)8-12(10)17/h2-8,14H,18H2,1H3. The number of para-hydroxylation sites is 1. The molecule has 0 aliphatic carbocycles. The Labute approximate surface area is 120 Å². The van der Waals surface area contributed by atoms with Crippen LogP contribution in [0.2, 0.25) is 5.02 Å². The van der Waals surface area contributed by atoms with Crippen LogP contribution in [-0.2, 0) is 7.05 Å². The summed E-state index contributed by atoms with van der Waals surface area (Å²) in [5.41, 5.74) is 8.20. The molecule has 0 spiro atoms. The molecule has 0 bridgehead atoms. The Balaban J connectivity index is 2.15. The van der Waals surface area contributed by atoms with Crippen molar-refractivity contribution >= 4 is 22.5 Å². The van der Waals surface area contributed by atoms with E-state index in [1.807, 2.05) is 31.3 Å². The first-order valence-electron chi connectivity index (χ1n) is 6.20. The van der Waals surface area contributed by atoms with Crippen molar-refractivity contribution in [2.45, 2.75) is 6.04 Å². The Morgan fingerprint density at radius 1 is 1.25 bits per heavy atom. The molecule has 3 nitrogen and oxygen atoms in total. The topological polar surface area (TPSA) is 43.8 Å². The van der Waals surface area contributed by atoms with Crippen LogP contribution < -0.4 is 5.73 Å². The van der Waals surface area contributed by atoms with Gasteiger partial charge in [-0.3, -0.25) is 4.68 Å². The second-order valence-electron chi connectivity index (χ2n) is 4.67. The number of benzene rings is 2. The van der Waals surface area contributed by atoms with Gasteiger partial charge in [-0.05, 0) is 18.2 Å². The third-order valence-electron chi connectivity index (χ3n) is 3.38. The molecule has 2 N–H and O–H groups in total. The monoisotopic (exact) mass is 289 g/mol. The SMILES string of the molecule is Cn1nc(C(N)c2ccc(Cl)cc2F)c2ccccc21. The molecule has 0 aliphatic heterocycles. The quantitative estimate of drug-likeness (QED) is 0.785. The van der Waals surface area contributed by atoms with E-state index in [1.54, 1.807) is 16.8 Å². The van der Waals surface area contributed by atoms with Crippen LogP contribution in [0, 0.1) is 5.82 Å². The van der Waals surface area contributed by atoms with Crippen molar-refractivity contribution in [2.24, 2.45) is 12.8 Å². The van der Waals surface area contributed by atoms with E-state index in [9.17, 15) is 4.39 Å². The van der Waals surface area contributed by atoms with Gasteiger partial charge in [0.05, 0.1) is 17.3 Å². The van der Waals surface area contributed by atoms with Gasteiger partial charge in [0.25, 0.3) is 0 Å². The number of hydrogen-bond donors (Lipinski definition) is 1. The minimum absolute atomic E-state index is 0.351. The largest absolute Gasteiger partial charge is 0.319 e. The van der Waals surface area contributed by atoms with E-state index < -0.39 is 11.9 Å². The molecule has 20 heavy (non-hydrogen) atoms. The molecule has 1 unspecified atom stereocenters. The Morgan fingerprint density at radius 2 is 2.00 bits per heavy atom. The van der Waals surface area contributed by atoms with Crippen molar-refractivity contribution in [2.75, 3.05) is 0 Å². The van der Waals surface area contributed by atoms with Crippen molar-refractivity contribution in [1.29, 1.82) is 0 Å². The number of aryl methyl sites for hydroxylation is 1. The lowest BCUT2D eigenvalue weighted by molar-refractivity contribution is 0.595. The average molecular weight is 290 g/mol. The lowest BCUT2D eigenvalue weighted by Gasteiger charge is -2.11. The summed E-state index contributed by atoms with van der Waals surface area (Å²) in [5, 5.41) is 5.70. The zero-order valence-corrected chi connectivity index (χ0v) is 11.6. The van der Waals surface area contributed by atoms with Gasteiger partial charge in [0.15, 0.2) is 0 Å². The second kappa shape index (κ2) is 4.89. The van der Waals surface area contributed by atoms with Crippen LogP contribution in [-0.4, -0.2) is 9.78 Å². The first-order chi connectivity index (χ1) is 9.58. The zero-order valence-electron chi connectivity index (χ0n) is 10.8. The van der Waals surface area contributed by atoms with Gasteiger partial charge in [-0.2, -0.15) is 5.10 Å². The number of fused-ring (bicyclic) bond motifs is 1. The van der Waals surface area contributed by atoms with Crippen LogP contribution >= 0.6 is 11.6 Å². The third-order valence-corrected chi connectivity index (χ3v) is 3.61. The van der Waals surface area contributed by atoms with Crippen molar-refractivity contribution in [3.8, 4) is 0 Å². The van der Waals surface area contributed by atoms with E-state index in [-0.39, 0.29) is 0 Å². The summed E-state index contributed by atoms with van der Waals surface area (Å²) < 4.78 is 15.7. The third kappa shape index (κ3) is 2.07. The molecular weight excluding hydrogens is 277 g/mol. The summed E-state index contributed by atoms with van der Waals surface area (Å²) in [6.07, 6.45) is 0. The summed E-state index contributed by atoms with van der Waals surface area (Å²) in [6, 6.07) is 11.6. The summed E-state index contributed by atoms with van der Waals surface area (Å²) in [6.45, 7) is 0. The molecule has 0 radical (unpaired) electrons. The van der Waals surface area contributed by atoms with E-state index in [4.69, 9.17) is 17.3 Å². The van der Waals surface area contributed by atoms with E-state index in [0.717, 1.165) is 10.9 Å². The highest BCUT2D eigenvalue weighted by Crippen LogP contribution is 2.28. The van der Waals surface area contributed by atoms with Gasteiger partial charge in [0, 0.05) is 23.0 Å². The highest BCUT2D eigenvalue weighted by molar-refractivity contribution is 6.30. The van der Waals surface area contributed by atoms with Gasteiger partial charge in [-0.25, -0.2) is 4.39 Å². The summed E-state index contributed by atoms with van der Waals surface area (Å²) in [5.74, 6) is -0.417. The van der Waals surface area contributed by atoms with Gasteiger partial charge in [-0.1, -0.05) is 35.9 Å². The highest BCUT2D eigenvalue weighted by atomic mass is 35.5. The molecule has 1 aromatic heterocycles. The fraction of sp³-hybridized carbons (Fsp3) is 0.133. The van der Waals surface area contributed by atoms with E-state index in [1.165, 1.54) is 6.07 Å². The predicted molar refractivity (Wildman–Crippen MR) is 78.2 cm³/mol. The number of rotatable bonds is 2. The Morgan fingerprint density at radius 3 is 2.75 bits per heavy atom. The number of aromatic nitrogens is 2. The van der Waals surface area contributed by atoms with Gasteiger partial charge < -0.3 is 5.73 Å². The minimum atomic E-state index is -0.627. The fourth-order valence-electron chi connectivity index (χ4n) is 2.37. The lowest BCUT2D eigenvalue weighted by Crippen LogP contribution is -2.15. The lowest BCUT2D eigenvalue weighted by atomic mass is 10.0. The first-order valence-corrected chi connectivity index (χ1v) is 6.58. The number of nitrogens with zero attached hydrogens (tertiary/aromatic N) is 2. The molecule has 102 valence electrons. The van der Waals surface area contributed by atoms with Gasteiger partial charge in [-0.15, -0.1) is 0 Å². The minimum Gasteiger partial charge on any atom is -0.319 e. The second-order valence-corrected chi connectivity index (χ2v) is 5.11.